The van der Waals surface area contributed by atoms with Gasteiger partial charge in [-0.05, 0) is 5.92 Å². The molecule has 0 aliphatic carbocycles. The third-order valence-electron chi connectivity index (χ3n) is 2.54. The largest absolute Gasteiger partial charge is 0.480 e. The Balaban J connectivity index is 2.73. The first kappa shape index (κ1) is 14.7. The van der Waals surface area contributed by atoms with Gasteiger partial charge < -0.3 is 5.11 Å². The van der Waals surface area contributed by atoms with E-state index in [0.29, 0.717) is 6.54 Å². The molecule has 0 radical (unpaired) electrons. The molecule has 1 heterocycles. The highest BCUT2D eigenvalue weighted by Crippen LogP contribution is 2.08. The van der Waals surface area contributed by atoms with Gasteiger partial charge in [0, 0.05) is 12.7 Å². The molecule has 0 aromatic carbocycles. The van der Waals surface area contributed by atoms with Gasteiger partial charge >= 0.3 is 5.97 Å². The maximum absolute atomic E-state index is 11.8. The fraction of sp³-hybridized carbons (Fsp3) is 0.600. The van der Waals surface area contributed by atoms with Crippen LogP contribution in [0.1, 0.15) is 20.3 Å². The molecule has 0 spiro atoms. The molecule has 0 aliphatic heterocycles. The van der Waals surface area contributed by atoms with Crippen molar-refractivity contribution in [3.8, 4) is 0 Å². The summed E-state index contributed by atoms with van der Waals surface area (Å²) in [6, 6.07) is 0. The molecule has 0 amide bonds. The normalized spacial score (nSPS) is 13.4. The van der Waals surface area contributed by atoms with Gasteiger partial charge in [-0.1, -0.05) is 20.3 Å². The second-order valence-corrected chi connectivity index (χ2v) is 5.90. The van der Waals surface area contributed by atoms with Crippen molar-refractivity contribution < 1.29 is 18.3 Å². The molecule has 2 N–H and O–H groups in total. The molecule has 102 valence electrons. The van der Waals surface area contributed by atoms with E-state index in [9.17, 15) is 13.2 Å². The van der Waals surface area contributed by atoms with Gasteiger partial charge in [-0.15, -0.1) is 0 Å². The molecule has 1 unspecified atom stereocenters. The maximum Gasteiger partial charge on any atom is 0.325 e. The maximum atomic E-state index is 11.8. The lowest BCUT2D eigenvalue weighted by molar-refractivity contribution is -0.137. The summed E-state index contributed by atoms with van der Waals surface area (Å²) in [5.74, 6) is -0.830. The number of carboxylic acid groups (broad SMARTS) is 1. The van der Waals surface area contributed by atoms with Gasteiger partial charge in [0.1, 0.15) is 11.4 Å². The van der Waals surface area contributed by atoms with Crippen LogP contribution in [0.25, 0.3) is 0 Å². The van der Waals surface area contributed by atoms with E-state index in [1.807, 2.05) is 13.8 Å². The third-order valence-corrected chi connectivity index (χ3v) is 3.91. The fourth-order valence-electron chi connectivity index (χ4n) is 1.19. The molecule has 0 saturated heterocycles. The number of rotatable bonds is 7. The van der Waals surface area contributed by atoms with E-state index in [-0.39, 0.29) is 17.4 Å². The molecule has 7 nitrogen and oxygen atoms in total. The minimum absolute atomic E-state index is 0.0212. The first-order valence-corrected chi connectivity index (χ1v) is 7.07. The van der Waals surface area contributed by atoms with Crippen molar-refractivity contribution in [1.82, 2.24) is 14.5 Å². The van der Waals surface area contributed by atoms with E-state index in [1.165, 1.54) is 6.20 Å². The molecule has 1 aromatic rings. The van der Waals surface area contributed by atoms with Crippen molar-refractivity contribution in [2.45, 2.75) is 31.7 Å². The summed E-state index contributed by atoms with van der Waals surface area (Å²) >= 11 is 0. The molecular formula is C10H17N3O4S. The van der Waals surface area contributed by atoms with Gasteiger partial charge in [-0.2, -0.15) is 5.10 Å². The topological polar surface area (TPSA) is 101 Å². The van der Waals surface area contributed by atoms with Crippen LogP contribution in [0.15, 0.2) is 17.3 Å². The Bertz CT molecular complexity index is 509. The molecule has 18 heavy (non-hydrogen) atoms. The highest BCUT2D eigenvalue weighted by molar-refractivity contribution is 7.89. The summed E-state index contributed by atoms with van der Waals surface area (Å²) in [5.41, 5.74) is 0. The monoisotopic (exact) mass is 275 g/mol. The van der Waals surface area contributed by atoms with Gasteiger partial charge in [0.15, 0.2) is 0 Å². The van der Waals surface area contributed by atoms with Crippen LogP contribution in [0.4, 0.5) is 0 Å². The molecule has 0 bridgehead atoms. The second kappa shape index (κ2) is 5.96. The highest BCUT2D eigenvalue weighted by atomic mass is 32.2. The molecule has 0 saturated carbocycles. The zero-order chi connectivity index (χ0) is 13.8. The molecule has 0 aliphatic rings. The highest BCUT2D eigenvalue weighted by Gasteiger charge is 2.17. The van der Waals surface area contributed by atoms with Crippen LogP contribution in [-0.4, -0.2) is 35.8 Å². The smallest absolute Gasteiger partial charge is 0.325 e. The van der Waals surface area contributed by atoms with Crippen molar-refractivity contribution in [2.75, 3.05) is 6.54 Å². The zero-order valence-corrected chi connectivity index (χ0v) is 11.1. The summed E-state index contributed by atoms with van der Waals surface area (Å²) in [6.45, 7) is 3.91. The van der Waals surface area contributed by atoms with Crippen LogP contribution in [0.2, 0.25) is 0 Å². The number of nitrogens with zero attached hydrogens (tertiary/aromatic N) is 2. The van der Waals surface area contributed by atoms with Gasteiger partial charge in [0.05, 0.1) is 6.20 Å². The van der Waals surface area contributed by atoms with Crippen LogP contribution in [0.5, 0.6) is 0 Å². The molecule has 1 aromatic heterocycles. The molecule has 8 heteroatoms. The van der Waals surface area contributed by atoms with E-state index < -0.39 is 16.0 Å². The van der Waals surface area contributed by atoms with Crippen molar-refractivity contribution in [2.24, 2.45) is 5.92 Å². The number of nitrogens with one attached hydrogen (secondary N) is 1. The van der Waals surface area contributed by atoms with Gasteiger partial charge in [-0.3, -0.25) is 9.48 Å². The minimum atomic E-state index is -3.61. The van der Waals surface area contributed by atoms with Crippen LogP contribution >= 0.6 is 0 Å². The first-order valence-electron chi connectivity index (χ1n) is 5.59. The predicted octanol–water partition coefficient (Wildman–Crippen LogP) is 0.292. The summed E-state index contributed by atoms with van der Waals surface area (Å²) in [6.07, 6.45) is 3.22. The van der Waals surface area contributed by atoms with Crippen LogP contribution in [0.3, 0.4) is 0 Å². The summed E-state index contributed by atoms with van der Waals surface area (Å²) in [5, 5.41) is 12.2. The van der Waals surface area contributed by atoms with Gasteiger partial charge in [0.2, 0.25) is 10.0 Å². The Morgan fingerprint density at radius 3 is 2.83 bits per heavy atom. The van der Waals surface area contributed by atoms with E-state index in [1.54, 1.807) is 0 Å². The summed E-state index contributed by atoms with van der Waals surface area (Å²) in [4.78, 5) is 10.4. The van der Waals surface area contributed by atoms with E-state index in [2.05, 4.69) is 9.82 Å². The quantitative estimate of drug-likeness (QED) is 0.745. The van der Waals surface area contributed by atoms with E-state index in [0.717, 1.165) is 17.3 Å². The second-order valence-electron chi connectivity index (χ2n) is 4.13. The standard InChI is InChI=1S/C10H17N3O4S/c1-3-8(2)4-12-18(16,17)9-5-11-13(6-9)7-10(14)15/h5-6,8,12H,3-4,7H2,1-2H3,(H,14,15). The number of hydrogen-bond acceptors (Lipinski definition) is 4. The average Bonchev–Trinajstić information content (AvgIpc) is 2.74. The molecule has 1 atom stereocenters. The Labute approximate surface area is 106 Å². The van der Waals surface area contributed by atoms with Crippen LogP contribution < -0.4 is 4.72 Å². The Hall–Kier alpha value is -1.41. The summed E-state index contributed by atoms with van der Waals surface area (Å²) < 4.78 is 27.2. The Morgan fingerprint density at radius 1 is 1.61 bits per heavy atom. The van der Waals surface area contributed by atoms with Gasteiger partial charge in [-0.25, -0.2) is 13.1 Å². The predicted molar refractivity (Wildman–Crippen MR) is 64.5 cm³/mol. The molecule has 0 fully saturated rings. The number of aromatic nitrogens is 2. The fourth-order valence-corrected chi connectivity index (χ4v) is 2.31. The lowest BCUT2D eigenvalue weighted by Gasteiger charge is -2.09. The minimum Gasteiger partial charge on any atom is -0.480 e. The SMILES string of the molecule is CCC(C)CNS(=O)(=O)c1cnn(CC(=O)O)c1. The first-order chi connectivity index (χ1) is 8.35. The van der Waals surface area contributed by atoms with Crippen molar-refractivity contribution in [1.29, 1.82) is 0 Å². The number of sulfonamides is 1. The average molecular weight is 275 g/mol. The van der Waals surface area contributed by atoms with E-state index >= 15 is 0 Å². The lowest BCUT2D eigenvalue weighted by Crippen LogP contribution is -2.28. The third kappa shape index (κ3) is 4.11. The number of carbonyl (C=O) groups is 1. The van der Waals surface area contributed by atoms with Crippen molar-refractivity contribution in [3.63, 3.8) is 0 Å². The Morgan fingerprint density at radius 2 is 2.28 bits per heavy atom. The van der Waals surface area contributed by atoms with Crippen LogP contribution in [-0.2, 0) is 21.4 Å². The van der Waals surface area contributed by atoms with Crippen molar-refractivity contribution in [3.05, 3.63) is 12.4 Å². The van der Waals surface area contributed by atoms with E-state index in [4.69, 9.17) is 5.11 Å². The lowest BCUT2D eigenvalue weighted by atomic mass is 10.1. The van der Waals surface area contributed by atoms with Gasteiger partial charge in [0.25, 0.3) is 0 Å². The van der Waals surface area contributed by atoms with Crippen molar-refractivity contribution >= 4 is 16.0 Å². The Kier molecular flexibility index (Phi) is 4.85. The number of hydrogen-bond donors (Lipinski definition) is 2. The number of carboxylic acids is 1. The summed E-state index contributed by atoms with van der Waals surface area (Å²) in [7, 11) is -3.61. The molecular weight excluding hydrogens is 258 g/mol. The number of aliphatic carboxylic acids is 1. The molecule has 1 rings (SSSR count). The van der Waals surface area contributed by atoms with Crippen LogP contribution in [0, 0.1) is 5.92 Å². The zero-order valence-electron chi connectivity index (χ0n) is 10.3.